The van der Waals surface area contributed by atoms with Gasteiger partial charge in [-0.05, 0) is 6.92 Å². The zero-order chi connectivity index (χ0) is 16.7. The molecule has 0 aromatic carbocycles. The summed E-state index contributed by atoms with van der Waals surface area (Å²) in [5.41, 5.74) is -1.31. The van der Waals surface area contributed by atoms with Gasteiger partial charge in [0.15, 0.2) is 0 Å². The Bertz CT molecular complexity index is 559. The predicted octanol–water partition coefficient (Wildman–Crippen LogP) is -0.431. The Hall–Kier alpha value is -1.58. The van der Waals surface area contributed by atoms with Crippen LogP contribution in [-0.2, 0) is 23.9 Å². The third kappa shape index (κ3) is 2.29. The topological polar surface area (TPSA) is 113 Å². The second-order valence-electron chi connectivity index (χ2n) is 5.05. The van der Waals surface area contributed by atoms with Gasteiger partial charge >= 0.3 is 11.9 Å². The summed E-state index contributed by atoms with van der Waals surface area (Å²) in [4.78, 5) is 35.9. The molecule has 2 N–H and O–H groups in total. The van der Waals surface area contributed by atoms with Crippen LogP contribution in [0.2, 0.25) is 0 Å². The van der Waals surface area contributed by atoms with Gasteiger partial charge in [-0.1, -0.05) is 0 Å². The Balaban J connectivity index is 2.36. The molecular formula is C13H17NO7S. The maximum Gasteiger partial charge on any atom is 0.352 e. The number of esters is 1. The number of rotatable bonds is 5. The van der Waals surface area contributed by atoms with Crippen molar-refractivity contribution < 1.29 is 34.1 Å². The van der Waals surface area contributed by atoms with E-state index in [1.165, 1.54) is 32.7 Å². The quantitative estimate of drug-likeness (QED) is 0.515. The lowest BCUT2D eigenvalue weighted by Gasteiger charge is -2.57. The number of aliphatic hydroxyl groups is 1. The molecule has 2 aliphatic heterocycles. The SMILES string of the molecule is COC1(C(C)O)C(=O)N2C(C(=O)O)=C(COC(C)=O)CS[C@@H]21. The fourth-order valence-electron chi connectivity index (χ4n) is 2.66. The molecular weight excluding hydrogens is 314 g/mol. The molecule has 1 amide bonds. The normalized spacial score (nSPS) is 28.8. The summed E-state index contributed by atoms with van der Waals surface area (Å²) < 4.78 is 10.1. The predicted molar refractivity (Wildman–Crippen MR) is 75.8 cm³/mol. The van der Waals surface area contributed by atoms with Crippen LogP contribution in [0.25, 0.3) is 0 Å². The highest BCUT2D eigenvalue weighted by molar-refractivity contribution is 8.00. The number of ether oxygens (including phenoxy) is 2. The van der Waals surface area contributed by atoms with E-state index < -0.39 is 34.9 Å². The average Bonchev–Trinajstić information content (AvgIpc) is 2.44. The Labute approximate surface area is 131 Å². The van der Waals surface area contributed by atoms with Gasteiger partial charge in [-0.15, -0.1) is 11.8 Å². The fourth-order valence-corrected chi connectivity index (χ4v) is 4.23. The highest BCUT2D eigenvalue weighted by Crippen LogP contribution is 2.49. The monoisotopic (exact) mass is 331 g/mol. The van der Waals surface area contributed by atoms with E-state index in [4.69, 9.17) is 9.47 Å². The van der Waals surface area contributed by atoms with E-state index in [0.29, 0.717) is 5.57 Å². The smallest absolute Gasteiger partial charge is 0.352 e. The molecule has 0 aromatic rings. The minimum Gasteiger partial charge on any atom is -0.477 e. The summed E-state index contributed by atoms with van der Waals surface area (Å²) in [5.74, 6) is -2.16. The number of amides is 1. The van der Waals surface area contributed by atoms with E-state index in [1.807, 2.05) is 0 Å². The Morgan fingerprint density at radius 1 is 1.55 bits per heavy atom. The first-order valence-electron chi connectivity index (χ1n) is 6.54. The summed E-state index contributed by atoms with van der Waals surface area (Å²) in [6.45, 7) is 2.46. The van der Waals surface area contributed by atoms with Crippen molar-refractivity contribution >= 4 is 29.6 Å². The number of thioether (sulfide) groups is 1. The number of carbonyl (C=O) groups is 3. The second kappa shape index (κ2) is 5.90. The molecule has 22 heavy (non-hydrogen) atoms. The van der Waals surface area contributed by atoms with Crippen LogP contribution in [0.5, 0.6) is 0 Å². The third-order valence-electron chi connectivity index (χ3n) is 3.76. The highest BCUT2D eigenvalue weighted by atomic mass is 32.2. The second-order valence-corrected chi connectivity index (χ2v) is 6.12. The molecule has 1 fully saturated rings. The molecule has 0 aromatic heterocycles. The number of hydrogen-bond acceptors (Lipinski definition) is 7. The Morgan fingerprint density at radius 3 is 2.64 bits per heavy atom. The van der Waals surface area contributed by atoms with Gasteiger partial charge in [0.25, 0.3) is 5.91 Å². The van der Waals surface area contributed by atoms with E-state index in [0.717, 1.165) is 4.90 Å². The maximum absolute atomic E-state index is 12.4. The first-order chi connectivity index (χ1) is 10.3. The van der Waals surface area contributed by atoms with E-state index in [2.05, 4.69) is 0 Å². The van der Waals surface area contributed by atoms with Gasteiger partial charge in [-0.25, -0.2) is 4.79 Å². The zero-order valence-corrected chi connectivity index (χ0v) is 13.2. The number of carbonyl (C=O) groups excluding carboxylic acids is 2. The molecule has 0 bridgehead atoms. The van der Waals surface area contributed by atoms with E-state index >= 15 is 0 Å². The lowest BCUT2D eigenvalue weighted by Crippen LogP contribution is -2.78. The minimum atomic E-state index is -1.45. The lowest BCUT2D eigenvalue weighted by atomic mass is 9.85. The van der Waals surface area contributed by atoms with Crippen molar-refractivity contribution in [2.24, 2.45) is 0 Å². The number of fused-ring (bicyclic) bond motifs is 1. The van der Waals surface area contributed by atoms with Gasteiger partial charge < -0.3 is 19.7 Å². The summed E-state index contributed by atoms with van der Waals surface area (Å²) >= 11 is 1.27. The zero-order valence-electron chi connectivity index (χ0n) is 12.4. The number of carboxylic acid groups (broad SMARTS) is 1. The summed E-state index contributed by atoms with van der Waals surface area (Å²) in [6, 6.07) is 0. The number of β-lactam (4-membered cyclic amide) rings is 1. The molecule has 0 radical (unpaired) electrons. The summed E-state index contributed by atoms with van der Waals surface area (Å²) in [7, 11) is 1.31. The number of aliphatic hydroxyl groups excluding tert-OH is 1. The summed E-state index contributed by atoms with van der Waals surface area (Å²) in [6.07, 6.45) is -1.08. The molecule has 0 spiro atoms. The molecule has 0 saturated carbocycles. The lowest BCUT2D eigenvalue weighted by molar-refractivity contribution is -0.202. The van der Waals surface area contributed by atoms with Crippen molar-refractivity contribution in [3.8, 4) is 0 Å². The highest BCUT2D eigenvalue weighted by Gasteiger charge is 2.67. The molecule has 2 heterocycles. The Kier molecular flexibility index (Phi) is 4.50. The standard InChI is InChI=1S/C13H17NO7S/c1-6(15)13(20-3)11(19)14-9(10(17)18)8(4-21-7(2)16)5-22-12(13)14/h6,12,15H,4-5H2,1-3H3,(H,17,18)/t6?,12-,13?/m1/s1. The van der Waals surface area contributed by atoms with Crippen molar-refractivity contribution in [2.45, 2.75) is 30.9 Å². The van der Waals surface area contributed by atoms with Crippen LogP contribution in [0.15, 0.2) is 11.3 Å². The molecule has 8 nitrogen and oxygen atoms in total. The third-order valence-corrected chi connectivity index (χ3v) is 5.15. The van der Waals surface area contributed by atoms with Crippen molar-refractivity contribution in [1.82, 2.24) is 4.90 Å². The fraction of sp³-hybridized carbons (Fsp3) is 0.615. The van der Waals surface area contributed by atoms with Crippen LogP contribution in [0.1, 0.15) is 13.8 Å². The minimum absolute atomic E-state index is 0.185. The Morgan fingerprint density at radius 2 is 2.18 bits per heavy atom. The van der Waals surface area contributed by atoms with Gasteiger partial charge in [0.2, 0.25) is 5.60 Å². The number of methoxy groups -OCH3 is 1. The molecule has 1 saturated heterocycles. The van der Waals surface area contributed by atoms with Gasteiger partial charge in [-0.2, -0.15) is 0 Å². The molecule has 9 heteroatoms. The van der Waals surface area contributed by atoms with Crippen molar-refractivity contribution in [2.75, 3.05) is 19.5 Å². The molecule has 2 aliphatic rings. The van der Waals surface area contributed by atoms with Gasteiger partial charge in [0, 0.05) is 25.4 Å². The van der Waals surface area contributed by atoms with Crippen molar-refractivity contribution in [3.63, 3.8) is 0 Å². The number of nitrogens with zero attached hydrogens (tertiary/aromatic N) is 1. The van der Waals surface area contributed by atoms with Crippen LogP contribution < -0.4 is 0 Å². The van der Waals surface area contributed by atoms with Crippen LogP contribution in [0, 0.1) is 0 Å². The number of carboxylic acids is 1. The van der Waals surface area contributed by atoms with Crippen LogP contribution in [0.4, 0.5) is 0 Å². The van der Waals surface area contributed by atoms with E-state index in [1.54, 1.807) is 0 Å². The van der Waals surface area contributed by atoms with Crippen molar-refractivity contribution in [1.29, 1.82) is 0 Å². The van der Waals surface area contributed by atoms with Crippen LogP contribution in [-0.4, -0.2) is 69.5 Å². The maximum atomic E-state index is 12.4. The van der Waals surface area contributed by atoms with Gasteiger partial charge in [0.05, 0.1) is 6.10 Å². The van der Waals surface area contributed by atoms with Gasteiger partial charge in [-0.3, -0.25) is 14.5 Å². The van der Waals surface area contributed by atoms with Crippen LogP contribution >= 0.6 is 11.8 Å². The first kappa shape index (κ1) is 16.8. The van der Waals surface area contributed by atoms with Crippen molar-refractivity contribution in [3.05, 3.63) is 11.3 Å². The van der Waals surface area contributed by atoms with E-state index in [9.17, 15) is 24.6 Å². The number of aliphatic carboxylic acids is 1. The molecule has 3 atom stereocenters. The first-order valence-corrected chi connectivity index (χ1v) is 7.59. The van der Waals surface area contributed by atoms with Gasteiger partial charge in [0.1, 0.15) is 17.7 Å². The molecule has 2 rings (SSSR count). The molecule has 0 aliphatic carbocycles. The largest absolute Gasteiger partial charge is 0.477 e. The summed E-state index contributed by atoms with van der Waals surface area (Å²) in [5, 5.41) is 18.6. The number of hydrogen-bond donors (Lipinski definition) is 2. The van der Waals surface area contributed by atoms with E-state index in [-0.39, 0.29) is 18.1 Å². The average molecular weight is 331 g/mol. The molecule has 122 valence electrons. The molecule has 2 unspecified atom stereocenters. The van der Waals surface area contributed by atoms with Crippen LogP contribution in [0.3, 0.4) is 0 Å².